The van der Waals surface area contributed by atoms with Crippen LogP contribution < -0.4 is 14.8 Å². The van der Waals surface area contributed by atoms with Crippen molar-refractivity contribution in [1.29, 1.82) is 0 Å². The molecule has 1 amide bonds. The Morgan fingerprint density at radius 1 is 1.19 bits per heavy atom. The minimum absolute atomic E-state index is 0.0185. The molecule has 10 heteroatoms. The summed E-state index contributed by atoms with van der Waals surface area (Å²) in [7, 11) is 2.85. The summed E-state index contributed by atoms with van der Waals surface area (Å²) in [6.07, 6.45) is 0. The van der Waals surface area contributed by atoms with Crippen LogP contribution in [0.5, 0.6) is 11.5 Å². The molecule has 1 aromatic heterocycles. The van der Waals surface area contributed by atoms with Crippen LogP contribution in [0.4, 0.5) is 10.0 Å². The number of carbonyl (C=O) groups excluding carboxylic acids is 2. The van der Waals surface area contributed by atoms with Crippen LogP contribution in [-0.4, -0.2) is 37.6 Å². The fourth-order valence-electron chi connectivity index (χ4n) is 2.08. The van der Waals surface area contributed by atoms with Crippen molar-refractivity contribution in [3.63, 3.8) is 0 Å². The maximum atomic E-state index is 12.6. The van der Waals surface area contributed by atoms with Crippen molar-refractivity contribution in [3.05, 3.63) is 45.5 Å². The lowest BCUT2D eigenvalue weighted by atomic mass is 10.1. The lowest BCUT2D eigenvalue weighted by Gasteiger charge is -2.10. The Bertz CT molecular complexity index is 847. The Morgan fingerprint density at radius 2 is 1.92 bits per heavy atom. The number of esters is 1. The Labute approximate surface area is 152 Å². The summed E-state index contributed by atoms with van der Waals surface area (Å²) in [6.45, 7) is 1.71. The maximum Gasteiger partial charge on any atom is 0.341 e. The monoisotopic (exact) mass is 380 g/mol. The molecule has 1 N–H and O–H groups in total. The van der Waals surface area contributed by atoms with Gasteiger partial charge in [-0.15, -0.1) is 0 Å². The number of thiophene rings is 1. The number of amides is 1. The summed E-state index contributed by atoms with van der Waals surface area (Å²) in [5.74, 6) is -0.654. The molecule has 9 nitrogen and oxygen atoms in total. The number of carbonyl (C=O) groups is 2. The average Bonchev–Trinajstić information content (AvgIpc) is 3.05. The van der Waals surface area contributed by atoms with Crippen molar-refractivity contribution in [1.82, 2.24) is 0 Å². The Kier molecular flexibility index (Phi) is 6.12. The number of methoxy groups -OCH3 is 2. The second-order valence-corrected chi connectivity index (χ2v) is 5.86. The number of hydrogen-bond donors (Lipinski definition) is 1. The zero-order chi connectivity index (χ0) is 19.3. The second-order valence-electron chi connectivity index (χ2n) is 4.83. The van der Waals surface area contributed by atoms with E-state index in [9.17, 15) is 19.7 Å². The molecule has 0 aliphatic rings. The first-order valence-corrected chi connectivity index (χ1v) is 8.21. The van der Waals surface area contributed by atoms with Crippen LogP contribution in [0.3, 0.4) is 0 Å². The van der Waals surface area contributed by atoms with Crippen LogP contribution in [0.15, 0.2) is 24.3 Å². The molecule has 0 unspecified atom stereocenters. The molecule has 0 spiro atoms. The Hall–Kier alpha value is -3.14. The SMILES string of the molecule is CCOC(=O)c1cc([N+](=O)[O-])sc1NC(=O)c1cc(OC)ccc1OC. The van der Waals surface area contributed by atoms with Crippen molar-refractivity contribution in [2.75, 3.05) is 26.1 Å². The standard InChI is InChI=1S/C16H16N2O7S/c1-4-25-16(20)11-8-13(18(21)22)26-15(11)17-14(19)10-7-9(23-2)5-6-12(10)24-3/h5-8H,4H2,1-3H3,(H,17,19). The summed E-state index contributed by atoms with van der Waals surface area (Å²) in [5.41, 5.74) is 0.0662. The molecule has 0 radical (unpaired) electrons. The number of ether oxygens (including phenoxy) is 3. The summed E-state index contributed by atoms with van der Waals surface area (Å²) in [6, 6.07) is 5.70. The zero-order valence-electron chi connectivity index (χ0n) is 14.2. The van der Waals surface area contributed by atoms with Crippen molar-refractivity contribution >= 4 is 33.2 Å². The van der Waals surface area contributed by atoms with Crippen LogP contribution in [0.2, 0.25) is 0 Å². The Morgan fingerprint density at radius 3 is 2.50 bits per heavy atom. The first-order chi connectivity index (χ1) is 12.4. The van der Waals surface area contributed by atoms with Crippen molar-refractivity contribution in [2.24, 2.45) is 0 Å². The van der Waals surface area contributed by atoms with Crippen molar-refractivity contribution in [3.8, 4) is 11.5 Å². The molecule has 2 aromatic rings. The minimum atomic E-state index is -0.759. The highest BCUT2D eigenvalue weighted by Crippen LogP contribution is 2.35. The molecule has 0 fully saturated rings. The van der Waals surface area contributed by atoms with Gasteiger partial charge in [0.25, 0.3) is 5.91 Å². The predicted octanol–water partition coefficient (Wildman–Crippen LogP) is 3.10. The molecular formula is C16H16N2O7S. The fraction of sp³-hybridized carbons (Fsp3) is 0.250. The number of anilines is 1. The summed E-state index contributed by atoms with van der Waals surface area (Å²) >= 11 is 0.664. The van der Waals surface area contributed by atoms with Gasteiger partial charge in [-0.1, -0.05) is 0 Å². The number of rotatable bonds is 7. The van der Waals surface area contributed by atoms with Crippen molar-refractivity contribution in [2.45, 2.75) is 6.92 Å². The van der Waals surface area contributed by atoms with E-state index in [4.69, 9.17) is 14.2 Å². The van der Waals surface area contributed by atoms with E-state index in [1.54, 1.807) is 19.1 Å². The van der Waals surface area contributed by atoms with E-state index in [-0.39, 0.29) is 33.5 Å². The molecule has 26 heavy (non-hydrogen) atoms. The van der Waals surface area contributed by atoms with Gasteiger partial charge in [-0.25, -0.2) is 4.79 Å². The van der Waals surface area contributed by atoms with Gasteiger partial charge in [-0.05, 0) is 36.5 Å². The molecule has 0 atom stereocenters. The van der Waals surface area contributed by atoms with Crippen LogP contribution in [-0.2, 0) is 4.74 Å². The largest absolute Gasteiger partial charge is 0.497 e. The van der Waals surface area contributed by atoms with E-state index >= 15 is 0 Å². The molecular weight excluding hydrogens is 364 g/mol. The third-order valence-corrected chi connectivity index (χ3v) is 4.27. The van der Waals surface area contributed by atoms with Gasteiger partial charge in [0.2, 0.25) is 0 Å². The quantitative estimate of drug-likeness (QED) is 0.445. The lowest BCUT2D eigenvalue weighted by Crippen LogP contribution is -2.15. The first-order valence-electron chi connectivity index (χ1n) is 7.40. The minimum Gasteiger partial charge on any atom is -0.497 e. The predicted molar refractivity (Wildman–Crippen MR) is 94.4 cm³/mol. The maximum absolute atomic E-state index is 12.6. The smallest absolute Gasteiger partial charge is 0.341 e. The summed E-state index contributed by atoms with van der Waals surface area (Å²) < 4.78 is 15.1. The van der Waals surface area contributed by atoms with Gasteiger partial charge < -0.3 is 19.5 Å². The molecule has 0 saturated carbocycles. The van der Waals surface area contributed by atoms with Crippen LogP contribution in [0.25, 0.3) is 0 Å². The van der Waals surface area contributed by atoms with E-state index in [1.807, 2.05) is 0 Å². The van der Waals surface area contributed by atoms with Crippen LogP contribution in [0.1, 0.15) is 27.6 Å². The van der Waals surface area contributed by atoms with E-state index < -0.39 is 16.8 Å². The highest BCUT2D eigenvalue weighted by atomic mass is 32.1. The van der Waals surface area contributed by atoms with Crippen LogP contribution >= 0.6 is 11.3 Å². The highest BCUT2D eigenvalue weighted by Gasteiger charge is 2.25. The second kappa shape index (κ2) is 8.30. The third kappa shape index (κ3) is 4.09. The number of hydrogen-bond acceptors (Lipinski definition) is 8. The number of nitrogens with zero attached hydrogens (tertiary/aromatic N) is 1. The molecule has 0 aliphatic carbocycles. The Balaban J connectivity index is 2.39. The number of benzene rings is 1. The molecule has 0 saturated heterocycles. The average molecular weight is 380 g/mol. The molecule has 0 aliphatic heterocycles. The molecule has 2 rings (SSSR count). The van der Waals surface area contributed by atoms with E-state index in [2.05, 4.69) is 5.32 Å². The van der Waals surface area contributed by atoms with Crippen molar-refractivity contribution < 1.29 is 28.7 Å². The van der Waals surface area contributed by atoms with Gasteiger partial charge in [-0.2, -0.15) is 0 Å². The molecule has 1 heterocycles. The first kappa shape index (κ1) is 19.2. The normalized spacial score (nSPS) is 10.1. The topological polar surface area (TPSA) is 117 Å². The van der Waals surface area contributed by atoms with E-state index in [0.29, 0.717) is 17.1 Å². The fourth-order valence-corrected chi connectivity index (χ4v) is 2.94. The summed E-state index contributed by atoms with van der Waals surface area (Å²) in [4.78, 5) is 35.0. The van der Waals surface area contributed by atoms with Gasteiger partial charge in [-0.3, -0.25) is 14.9 Å². The summed E-state index contributed by atoms with van der Waals surface area (Å²) in [5, 5.41) is 13.2. The highest BCUT2D eigenvalue weighted by molar-refractivity contribution is 7.19. The number of nitrogens with one attached hydrogen (secondary N) is 1. The number of nitro groups is 1. The zero-order valence-corrected chi connectivity index (χ0v) is 15.0. The van der Waals surface area contributed by atoms with Gasteiger partial charge in [0.05, 0.1) is 31.3 Å². The molecule has 0 bridgehead atoms. The molecule has 138 valence electrons. The van der Waals surface area contributed by atoms with Gasteiger partial charge in [0, 0.05) is 6.07 Å². The van der Waals surface area contributed by atoms with Crippen LogP contribution in [0, 0.1) is 10.1 Å². The van der Waals surface area contributed by atoms with Gasteiger partial charge >= 0.3 is 11.0 Å². The lowest BCUT2D eigenvalue weighted by molar-refractivity contribution is -0.380. The van der Waals surface area contributed by atoms with E-state index in [0.717, 1.165) is 6.07 Å². The van der Waals surface area contributed by atoms with Gasteiger partial charge in [0.1, 0.15) is 22.1 Å². The molecule has 1 aromatic carbocycles. The van der Waals surface area contributed by atoms with E-state index in [1.165, 1.54) is 20.3 Å². The third-order valence-electron chi connectivity index (χ3n) is 3.27. The van der Waals surface area contributed by atoms with Gasteiger partial charge in [0.15, 0.2) is 0 Å².